The standard InChI is InChI=1S/C19H25N3O5/c1-4-9-21-17(23)18(24)22(19(21)25)12-20-10-5-6-15(20)14-8-7-13(26-2)11-16(14)27-3/h7-8,11,15H,4-6,9-10,12H2,1-3H3/t15-/m1/s1. The predicted octanol–water partition coefficient (Wildman–Crippen LogP) is 2.00. The van der Waals surface area contributed by atoms with Crippen molar-refractivity contribution in [3.05, 3.63) is 23.8 Å². The van der Waals surface area contributed by atoms with Crippen molar-refractivity contribution in [3.63, 3.8) is 0 Å². The summed E-state index contributed by atoms with van der Waals surface area (Å²) in [5.74, 6) is -0.0831. The fraction of sp³-hybridized carbons (Fsp3) is 0.526. The number of carbonyl (C=O) groups excluding carboxylic acids is 3. The molecule has 0 N–H and O–H groups in total. The zero-order valence-corrected chi connectivity index (χ0v) is 15.9. The fourth-order valence-corrected chi connectivity index (χ4v) is 3.72. The number of hydrogen-bond acceptors (Lipinski definition) is 6. The molecule has 0 unspecified atom stereocenters. The van der Waals surface area contributed by atoms with E-state index in [-0.39, 0.29) is 19.3 Å². The number of ether oxygens (including phenoxy) is 2. The summed E-state index contributed by atoms with van der Waals surface area (Å²) in [7, 11) is 3.20. The highest BCUT2D eigenvalue weighted by Crippen LogP contribution is 2.38. The van der Waals surface area contributed by atoms with Crippen LogP contribution in [0.15, 0.2) is 18.2 Å². The summed E-state index contributed by atoms with van der Waals surface area (Å²) in [5.41, 5.74) is 0.978. The van der Waals surface area contributed by atoms with E-state index in [1.54, 1.807) is 14.2 Å². The highest BCUT2D eigenvalue weighted by Gasteiger charge is 2.45. The van der Waals surface area contributed by atoms with E-state index in [0.29, 0.717) is 17.9 Å². The largest absolute Gasteiger partial charge is 0.497 e. The molecule has 0 bridgehead atoms. The first-order valence-corrected chi connectivity index (χ1v) is 9.15. The number of hydrogen-bond donors (Lipinski definition) is 0. The van der Waals surface area contributed by atoms with Gasteiger partial charge >= 0.3 is 17.8 Å². The molecule has 2 fully saturated rings. The van der Waals surface area contributed by atoms with E-state index in [0.717, 1.165) is 34.7 Å². The van der Waals surface area contributed by atoms with Gasteiger partial charge in [0.15, 0.2) is 0 Å². The maximum atomic E-state index is 12.5. The van der Waals surface area contributed by atoms with Crippen LogP contribution in [0.1, 0.15) is 37.8 Å². The van der Waals surface area contributed by atoms with Crippen LogP contribution in [0.4, 0.5) is 4.79 Å². The van der Waals surface area contributed by atoms with Gasteiger partial charge in [-0.1, -0.05) is 13.0 Å². The summed E-state index contributed by atoms with van der Waals surface area (Å²) in [6, 6.07) is 5.11. The molecule has 8 heteroatoms. The van der Waals surface area contributed by atoms with Gasteiger partial charge in [0.2, 0.25) is 0 Å². The first kappa shape index (κ1) is 19.2. The first-order valence-electron chi connectivity index (χ1n) is 9.15. The van der Waals surface area contributed by atoms with Crippen LogP contribution < -0.4 is 9.47 Å². The molecular formula is C19H25N3O5. The van der Waals surface area contributed by atoms with Gasteiger partial charge in [-0.05, 0) is 25.3 Å². The van der Waals surface area contributed by atoms with Crippen LogP contribution >= 0.6 is 0 Å². The van der Waals surface area contributed by atoms with E-state index in [1.807, 2.05) is 30.0 Å². The topological polar surface area (TPSA) is 79.4 Å². The molecule has 0 spiro atoms. The van der Waals surface area contributed by atoms with Crippen LogP contribution in [0.25, 0.3) is 0 Å². The van der Waals surface area contributed by atoms with Crippen LogP contribution in [0.2, 0.25) is 0 Å². The molecule has 2 aliphatic rings. The normalized spacial score (nSPS) is 20.7. The minimum Gasteiger partial charge on any atom is -0.497 e. The highest BCUT2D eigenvalue weighted by molar-refractivity contribution is 6.44. The lowest BCUT2D eigenvalue weighted by Crippen LogP contribution is -2.42. The van der Waals surface area contributed by atoms with Crippen molar-refractivity contribution in [3.8, 4) is 11.5 Å². The molecule has 1 aromatic carbocycles. The van der Waals surface area contributed by atoms with Gasteiger partial charge in [-0.3, -0.25) is 19.4 Å². The second-order valence-corrected chi connectivity index (χ2v) is 6.69. The summed E-state index contributed by atoms with van der Waals surface area (Å²) in [6.07, 6.45) is 2.43. The molecule has 0 aromatic heterocycles. The van der Waals surface area contributed by atoms with Crippen molar-refractivity contribution in [1.29, 1.82) is 0 Å². The third kappa shape index (κ3) is 3.49. The lowest BCUT2D eigenvalue weighted by atomic mass is 10.0. The van der Waals surface area contributed by atoms with Crippen molar-refractivity contribution >= 4 is 17.8 Å². The molecule has 2 aliphatic heterocycles. The molecule has 1 atom stereocenters. The Hall–Kier alpha value is -2.61. The number of benzene rings is 1. The number of carbonyl (C=O) groups is 3. The number of methoxy groups -OCH3 is 2. The highest BCUT2D eigenvalue weighted by atomic mass is 16.5. The van der Waals surface area contributed by atoms with Gasteiger partial charge in [0, 0.05) is 30.8 Å². The maximum Gasteiger partial charge on any atom is 0.335 e. The van der Waals surface area contributed by atoms with Crippen molar-refractivity contribution in [2.45, 2.75) is 32.2 Å². The van der Waals surface area contributed by atoms with E-state index in [9.17, 15) is 14.4 Å². The Morgan fingerprint density at radius 2 is 1.81 bits per heavy atom. The Balaban J connectivity index is 1.81. The molecule has 146 valence electrons. The Kier molecular flexibility index (Phi) is 5.65. The van der Waals surface area contributed by atoms with Gasteiger partial charge in [0.05, 0.1) is 20.9 Å². The predicted molar refractivity (Wildman–Crippen MR) is 97.3 cm³/mol. The second kappa shape index (κ2) is 7.96. The van der Waals surface area contributed by atoms with Gasteiger partial charge in [-0.25, -0.2) is 9.69 Å². The van der Waals surface area contributed by atoms with E-state index >= 15 is 0 Å². The molecule has 0 radical (unpaired) electrons. The molecule has 27 heavy (non-hydrogen) atoms. The van der Waals surface area contributed by atoms with Crippen molar-refractivity contribution < 1.29 is 23.9 Å². The summed E-state index contributed by atoms with van der Waals surface area (Å²) < 4.78 is 10.8. The molecule has 2 saturated heterocycles. The number of urea groups is 1. The van der Waals surface area contributed by atoms with Gasteiger partial charge in [-0.2, -0.15) is 0 Å². The zero-order chi connectivity index (χ0) is 19.6. The minimum absolute atomic E-state index is 0.00165. The van der Waals surface area contributed by atoms with E-state index in [2.05, 4.69) is 0 Å². The third-order valence-corrected chi connectivity index (χ3v) is 5.07. The Morgan fingerprint density at radius 3 is 2.48 bits per heavy atom. The van der Waals surface area contributed by atoms with E-state index in [1.165, 1.54) is 0 Å². The molecule has 3 rings (SSSR count). The summed E-state index contributed by atoms with van der Waals surface area (Å²) in [6.45, 7) is 2.96. The van der Waals surface area contributed by atoms with E-state index in [4.69, 9.17) is 9.47 Å². The van der Waals surface area contributed by atoms with Crippen LogP contribution in [-0.4, -0.2) is 66.5 Å². The van der Waals surface area contributed by atoms with Gasteiger partial charge in [0.25, 0.3) is 0 Å². The van der Waals surface area contributed by atoms with Crippen molar-refractivity contribution in [2.75, 3.05) is 34.0 Å². The smallest absolute Gasteiger partial charge is 0.335 e. The summed E-state index contributed by atoms with van der Waals surface area (Å²) in [5, 5.41) is 0. The molecule has 0 aliphatic carbocycles. The molecule has 2 heterocycles. The number of amides is 4. The van der Waals surface area contributed by atoms with Crippen molar-refractivity contribution in [1.82, 2.24) is 14.7 Å². The zero-order valence-electron chi connectivity index (χ0n) is 15.9. The number of rotatable bonds is 7. The number of nitrogens with zero attached hydrogens (tertiary/aromatic N) is 3. The lowest BCUT2D eigenvalue weighted by molar-refractivity contribution is -0.144. The molecule has 4 amide bonds. The Morgan fingerprint density at radius 1 is 1.07 bits per heavy atom. The van der Waals surface area contributed by atoms with Crippen LogP contribution in [-0.2, 0) is 9.59 Å². The van der Waals surface area contributed by atoms with E-state index < -0.39 is 17.8 Å². The van der Waals surface area contributed by atoms with Crippen molar-refractivity contribution in [2.24, 2.45) is 0 Å². The van der Waals surface area contributed by atoms with Gasteiger partial charge in [0.1, 0.15) is 11.5 Å². The average Bonchev–Trinajstić information content (AvgIpc) is 3.22. The SMILES string of the molecule is CCCN1C(=O)C(=O)N(CN2CCC[C@@H]2c2ccc(OC)cc2OC)C1=O. The average molecular weight is 375 g/mol. The van der Waals surface area contributed by atoms with Gasteiger partial charge in [-0.15, -0.1) is 0 Å². The first-order chi connectivity index (χ1) is 13.0. The maximum absolute atomic E-state index is 12.5. The summed E-state index contributed by atoms with van der Waals surface area (Å²) >= 11 is 0. The molecular weight excluding hydrogens is 350 g/mol. The fourth-order valence-electron chi connectivity index (χ4n) is 3.72. The number of likely N-dealkylation sites (tertiary alicyclic amines) is 1. The quantitative estimate of drug-likeness (QED) is 0.536. The Labute approximate surface area is 158 Å². The molecule has 0 saturated carbocycles. The van der Waals surface area contributed by atoms with Crippen LogP contribution in [0.3, 0.4) is 0 Å². The Bertz CT molecular complexity index is 751. The number of imide groups is 2. The molecule has 1 aromatic rings. The lowest BCUT2D eigenvalue weighted by Gasteiger charge is -2.29. The van der Waals surface area contributed by atoms with Crippen LogP contribution in [0, 0.1) is 0 Å². The summed E-state index contributed by atoms with van der Waals surface area (Å²) in [4.78, 5) is 41.0. The van der Waals surface area contributed by atoms with Crippen LogP contribution in [0.5, 0.6) is 11.5 Å². The minimum atomic E-state index is -0.749. The monoisotopic (exact) mass is 375 g/mol. The third-order valence-electron chi connectivity index (χ3n) is 5.07. The molecule has 8 nitrogen and oxygen atoms in total. The second-order valence-electron chi connectivity index (χ2n) is 6.69. The van der Waals surface area contributed by atoms with Gasteiger partial charge < -0.3 is 9.47 Å².